The van der Waals surface area contributed by atoms with Crippen LogP contribution in [0.2, 0.25) is 0 Å². The largest absolute Gasteiger partial charge is 0.478 e. The number of pyridine rings is 1. The van der Waals surface area contributed by atoms with E-state index in [1.807, 2.05) is 0 Å². The Morgan fingerprint density at radius 2 is 1.88 bits per heavy atom. The second-order valence-electron chi connectivity index (χ2n) is 4.89. The number of hydrogen-bond acceptors (Lipinski definition) is 4. The zero-order valence-corrected chi connectivity index (χ0v) is 12.9. The van der Waals surface area contributed by atoms with E-state index in [1.54, 1.807) is 18.2 Å². The zero-order valence-electron chi connectivity index (χ0n) is 12.9. The van der Waals surface area contributed by atoms with Gasteiger partial charge in [0.05, 0.1) is 0 Å². The predicted molar refractivity (Wildman–Crippen MR) is 83.5 cm³/mol. The van der Waals surface area contributed by atoms with Gasteiger partial charge in [-0.05, 0) is 25.1 Å². The third-order valence-electron chi connectivity index (χ3n) is 3.05. The molecule has 7 nitrogen and oxygen atoms in total. The van der Waals surface area contributed by atoms with Gasteiger partial charge in [-0.25, -0.2) is 4.39 Å². The number of amides is 2. The Labute approximate surface area is 137 Å². The summed E-state index contributed by atoms with van der Waals surface area (Å²) in [4.78, 5) is 35.0. The van der Waals surface area contributed by atoms with Gasteiger partial charge in [-0.3, -0.25) is 25.2 Å². The predicted octanol–water partition coefficient (Wildman–Crippen LogP) is 0.602. The van der Waals surface area contributed by atoms with Crippen LogP contribution in [0.4, 0.5) is 4.39 Å². The number of halogens is 1. The van der Waals surface area contributed by atoms with Crippen LogP contribution in [-0.2, 0) is 16.1 Å². The van der Waals surface area contributed by atoms with Gasteiger partial charge in [-0.1, -0.05) is 18.2 Å². The summed E-state index contributed by atoms with van der Waals surface area (Å²) in [6.07, 6.45) is 0.426. The Morgan fingerprint density at radius 1 is 1.17 bits per heavy atom. The van der Waals surface area contributed by atoms with E-state index in [0.29, 0.717) is 0 Å². The highest BCUT2D eigenvalue weighted by Gasteiger charge is 2.17. The van der Waals surface area contributed by atoms with E-state index in [1.165, 1.54) is 42.0 Å². The molecule has 0 aliphatic rings. The number of nitrogens with zero attached hydrogens (tertiary/aromatic N) is 1. The fourth-order valence-electron chi connectivity index (χ4n) is 1.80. The van der Waals surface area contributed by atoms with Crippen molar-refractivity contribution in [3.63, 3.8) is 0 Å². The smallest absolute Gasteiger partial charge is 0.279 e. The lowest BCUT2D eigenvalue weighted by Crippen LogP contribution is -2.48. The summed E-state index contributed by atoms with van der Waals surface area (Å²) in [5, 5.41) is 0. The van der Waals surface area contributed by atoms with Crippen molar-refractivity contribution in [1.29, 1.82) is 0 Å². The van der Waals surface area contributed by atoms with Crippen LogP contribution < -0.4 is 21.1 Å². The first kappa shape index (κ1) is 17.2. The molecular weight excluding hydrogens is 317 g/mol. The Bertz CT molecular complexity index is 791. The number of nitrogens with one attached hydrogen (secondary N) is 2. The molecule has 24 heavy (non-hydrogen) atoms. The molecule has 1 atom stereocenters. The second-order valence-corrected chi connectivity index (χ2v) is 4.89. The van der Waals surface area contributed by atoms with Crippen LogP contribution in [0.15, 0.2) is 53.5 Å². The quantitative estimate of drug-likeness (QED) is 0.784. The molecule has 1 heterocycles. The molecule has 1 aromatic carbocycles. The van der Waals surface area contributed by atoms with E-state index in [0.717, 1.165) is 0 Å². The molecule has 0 radical (unpaired) electrons. The molecule has 0 spiro atoms. The van der Waals surface area contributed by atoms with Gasteiger partial charge in [-0.15, -0.1) is 0 Å². The normalized spacial score (nSPS) is 11.4. The molecule has 2 rings (SSSR count). The summed E-state index contributed by atoms with van der Waals surface area (Å²) in [5.41, 5.74) is 3.99. The number of rotatable bonds is 5. The van der Waals surface area contributed by atoms with Crippen LogP contribution in [-0.4, -0.2) is 22.5 Å². The van der Waals surface area contributed by atoms with E-state index in [-0.39, 0.29) is 17.9 Å². The monoisotopic (exact) mass is 333 g/mol. The number of aromatic nitrogens is 1. The maximum Gasteiger partial charge on any atom is 0.279 e. The summed E-state index contributed by atoms with van der Waals surface area (Å²) in [5.74, 6) is -1.91. The first-order valence-electron chi connectivity index (χ1n) is 7.12. The topological polar surface area (TPSA) is 89.4 Å². The van der Waals surface area contributed by atoms with Gasteiger partial charge in [0.15, 0.2) is 17.7 Å². The lowest BCUT2D eigenvalue weighted by atomic mass is 10.3. The van der Waals surface area contributed by atoms with E-state index in [4.69, 9.17) is 4.74 Å². The highest BCUT2D eigenvalue weighted by Crippen LogP contribution is 2.16. The standard InChI is InChI=1S/C16H16FN3O4/c1-11(24-13-7-3-2-6-12(13)17)16(23)19-18-14(21)10-20-9-5-4-8-15(20)22/h2-9,11H,10H2,1H3,(H,18,21)(H,19,23). The molecule has 0 saturated heterocycles. The van der Waals surface area contributed by atoms with Gasteiger partial charge in [0.2, 0.25) is 0 Å². The molecule has 126 valence electrons. The van der Waals surface area contributed by atoms with E-state index in [2.05, 4.69) is 10.9 Å². The van der Waals surface area contributed by atoms with Crippen molar-refractivity contribution in [3.05, 3.63) is 64.8 Å². The molecule has 2 N–H and O–H groups in total. The van der Waals surface area contributed by atoms with Crippen LogP contribution in [0, 0.1) is 5.82 Å². The van der Waals surface area contributed by atoms with E-state index in [9.17, 15) is 18.8 Å². The number of carbonyl (C=O) groups excluding carboxylic acids is 2. The maximum absolute atomic E-state index is 13.4. The molecule has 0 bridgehead atoms. The summed E-state index contributed by atoms with van der Waals surface area (Å²) in [6, 6.07) is 10.1. The van der Waals surface area contributed by atoms with Crippen molar-refractivity contribution >= 4 is 11.8 Å². The first-order chi connectivity index (χ1) is 11.5. The number of hydrazine groups is 1. The SMILES string of the molecule is CC(Oc1ccccc1F)C(=O)NNC(=O)Cn1ccccc1=O. The van der Waals surface area contributed by atoms with Crippen molar-refractivity contribution < 1.29 is 18.7 Å². The minimum Gasteiger partial charge on any atom is -0.478 e. The molecule has 8 heteroatoms. The van der Waals surface area contributed by atoms with Crippen LogP contribution in [0.5, 0.6) is 5.75 Å². The van der Waals surface area contributed by atoms with Crippen molar-refractivity contribution in [3.8, 4) is 5.75 Å². The number of para-hydroxylation sites is 1. The van der Waals surface area contributed by atoms with Crippen molar-refractivity contribution in [2.45, 2.75) is 19.6 Å². The summed E-state index contributed by atoms with van der Waals surface area (Å²) in [7, 11) is 0. The molecule has 0 fully saturated rings. The molecule has 2 amide bonds. The van der Waals surface area contributed by atoms with Gasteiger partial charge in [0.1, 0.15) is 6.54 Å². The molecule has 1 aromatic heterocycles. The molecule has 2 aromatic rings. The van der Waals surface area contributed by atoms with Gasteiger partial charge in [0.25, 0.3) is 17.4 Å². The van der Waals surface area contributed by atoms with E-state index >= 15 is 0 Å². The van der Waals surface area contributed by atoms with Gasteiger partial charge in [0, 0.05) is 12.3 Å². The lowest BCUT2D eigenvalue weighted by Gasteiger charge is -2.15. The fraction of sp³-hybridized carbons (Fsp3) is 0.188. The lowest BCUT2D eigenvalue weighted by molar-refractivity contribution is -0.133. The van der Waals surface area contributed by atoms with Gasteiger partial charge >= 0.3 is 0 Å². The second kappa shape index (κ2) is 7.91. The minimum atomic E-state index is -1.03. The van der Waals surface area contributed by atoms with Crippen molar-refractivity contribution in [1.82, 2.24) is 15.4 Å². The van der Waals surface area contributed by atoms with Crippen LogP contribution in [0.25, 0.3) is 0 Å². The molecular formula is C16H16FN3O4. The molecule has 0 saturated carbocycles. The highest BCUT2D eigenvalue weighted by atomic mass is 19.1. The molecule has 0 aliphatic heterocycles. The Hall–Kier alpha value is -3.16. The van der Waals surface area contributed by atoms with Gasteiger partial charge < -0.3 is 9.30 Å². The molecule has 0 aliphatic carbocycles. The third kappa shape index (κ3) is 4.67. The Kier molecular flexibility index (Phi) is 5.67. The molecule has 1 unspecified atom stereocenters. The zero-order chi connectivity index (χ0) is 17.5. The maximum atomic E-state index is 13.4. The number of ether oxygens (including phenoxy) is 1. The average molecular weight is 333 g/mol. The van der Waals surface area contributed by atoms with Crippen molar-refractivity contribution in [2.75, 3.05) is 0 Å². The minimum absolute atomic E-state index is 0.0673. The fourth-order valence-corrected chi connectivity index (χ4v) is 1.80. The first-order valence-corrected chi connectivity index (χ1v) is 7.12. The average Bonchev–Trinajstić information content (AvgIpc) is 2.56. The Morgan fingerprint density at radius 3 is 2.58 bits per heavy atom. The van der Waals surface area contributed by atoms with Crippen LogP contribution >= 0.6 is 0 Å². The number of carbonyl (C=O) groups is 2. The number of hydrogen-bond donors (Lipinski definition) is 2. The summed E-state index contributed by atoms with van der Waals surface area (Å²) >= 11 is 0. The highest BCUT2D eigenvalue weighted by molar-refractivity contribution is 5.84. The van der Waals surface area contributed by atoms with Gasteiger partial charge in [-0.2, -0.15) is 0 Å². The summed E-state index contributed by atoms with van der Waals surface area (Å²) < 4.78 is 19.8. The Balaban J connectivity index is 1.84. The van der Waals surface area contributed by atoms with Crippen molar-refractivity contribution in [2.24, 2.45) is 0 Å². The van der Waals surface area contributed by atoms with Crippen LogP contribution in [0.1, 0.15) is 6.92 Å². The third-order valence-corrected chi connectivity index (χ3v) is 3.05. The van der Waals surface area contributed by atoms with Crippen LogP contribution in [0.3, 0.4) is 0 Å². The van der Waals surface area contributed by atoms with E-state index < -0.39 is 23.7 Å². The summed E-state index contributed by atoms with van der Waals surface area (Å²) in [6.45, 7) is 1.16. The number of benzene rings is 1.